The lowest BCUT2D eigenvalue weighted by Gasteiger charge is -2.37. The molecule has 1 aliphatic carbocycles. The van der Waals surface area contributed by atoms with Crippen LogP contribution in [0.3, 0.4) is 0 Å². The third-order valence-corrected chi connectivity index (χ3v) is 8.59. The summed E-state index contributed by atoms with van der Waals surface area (Å²) in [7, 11) is -3.76. The van der Waals surface area contributed by atoms with E-state index in [9.17, 15) is 8.42 Å². The molecule has 6 heteroatoms. The first-order valence-corrected chi connectivity index (χ1v) is 13.8. The zero-order valence-electron chi connectivity index (χ0n) is 20.0. The van der Waals surface area contributed by atoms with Crippen molar-refractivity contribution in [2.45, 2.75) is 30.2 Å². The fourth-order valence-corrected chi connectivity index (χ4v) is 6.64. The first-order chi connectivity index (χ1) is 17.5. The average molecular weight is 497 g/mol. The number of anilines is 2. The van der Waals surface area contributed by atoms with Crippen LogP contribution in [0.2, 0.25) is 0 Å². The number of ether oxygens (including phenoxy) is 1. The Hall–Kier alpha value is -3.77. The molecule has 4 aromatic rings. The minimum atomic E-state index is -3.76. The van der Waals surface area contributed by atoms with Gasteiger partial charge in [0.1, 0.15) is 5.75 Å². The molecule has 3 atom stereocenters. The van der Waals surface area contributed by atoms with Crippen LogP contribution in [0.1, 0.15) is 36.4 Å². The van der Waals surface area contributed by atoms with Crippen molar-refractivity contribution in [3.8, 4) is 5.75 Å². The second kappa shape index (κ2) is 9.03. The Kier molecular flexibility index (Phi) is 5.69. The molecule has 0 bridgehead atoms. The van der Waals surface area contributed by atoms with Crippen molar-refractivity contribution in [2.75, 3.05) is 16.6 Å². The molecule has 2 N–H and O–H groups in total. The van der Waals surface area contributed by atoms with E-state index >= 15 is 0 Å². The Morgan fingerprint density at radius 3 is 2.61 bits per heavy atom. The predicted octanol–water partition coefficient (Wildman–Crippen LogP) is 6.87. The standard InChI is InChI=1S/C30H28N2O3S/c1-2-35-22-15-13-21(14-16-22)30-26-11-6-10-25(26)27-19-23(17-18-28(27)31-30)36(33,34)32-29-12-5-8-20-7-3-4-9-24(20)29/h3-10,12-19,25-26,30-32H,2,11H2,1H3/t25?,26?,30-/m1/s1. The lowest BCUT2D eigenvalue weighted by molar-refractivity contribution is 0.340. The summed E-state index contributed by atoms with van der Waals surface area (Å²) in [5, 5.41) is 5.56. The van der Waals surface area contributed by atoms with E-state index in [1.54, 1.807) is 12.1 Å². The molecule has 1 aliphatic heterocycles. The molecule has 0 spiro atoms. The number of hydrogen-bond donors (Lipinski definition) is 2. The summed E-state index contributed by atoms with van der Waals surface area (Å²) in [6.45, 7) is 2.62. The summed E-state index contributed by atoms with van der Waals surface area (Å²) in [6.07, 6.45) is 5.38. The maximum absolute atomic E-state index is 13.4. The van der Waals surface area contributed by atoms with Gasteiger partial charge in [-0.15, -0.1) is 0 Å². The highest BCUT2D eigenvalue weighted by molar-refractivity contribution is 7.92. The number of sulfonamides is 1. The molecule has 0 radical (unpaired) electrons. The van der Waals surface area contributed by atoms with Crippen LogP contribution in [0.4, 0.5) is 11.4 Å². The van der Waals surface area contributed by atoms with Crippen molar-refractivity contribution >= 4 is 32.2 Å². The predicted molar refractivity (Wildman–Crippen MR) is 145 cm³/mol. The Morgan fingerprint density at radius 1 is 0.972 bits per heavy atom. The van der Waals surface area contributed by atoms with Crippen LogP contribution >= 0.6 is 0 Å². The zero-order valence-corrected chi connectivity index (χ0v) is 20.8. The smallest absolute Gasteiger partial charge is 0.261 e. The molecule has 36 heavy (non-hydrogen) atoms. The van der Waals surface area contributed by atoms with Gasteiger partial charge in [-0.3, -0.25) is 4.72 Å². The van der Waals surface area contributed by atoms with Crippen LogP contribution in [0.5, 0.6) is 5.75 Å². The van der Waals surface area contributed by atoms with Crippen molar-refractivity contribution in [3.05, 3.63) is 108 Å². The quantitative estimate of drug-likeness (QED) is 0.286. The van der Waals surface area contributed by atoms with E-state index < -0.39 is 10.0 Å². The van der Waals surface area contributed by atoms with Crippen molar-refractivity contribution < 1.29 is 13.2 Å². The molecule has 1 heterocycles. The maximum atomic E-state index is 13.4. The average Bonchev–Trinajstić information content (AvgIpc) is 3.39. The molecule has 182 valence electrons. The number of nitrogens with one attached hydrogen (secondary N) is 2. The van der Waals surface area contributed by atoms with Gasteiger partial charge in [0.15, 0.2) is 0 Å². The van der Waals surface area contributed by atoms with Crippen LogP contribution < -0.4 is 14.8 Å². The lowest BCUT2D eigenvalue weighted by Crippen LogP contribution is -2.29. The van der Waals surface area contributed by atoms with Crippen LogP contribution in [-0.4, -0.2) is 15.0 Å². The number of hydrogen-bond acceptors (Lipinski definition) is 4. The fourth-order valence-electron chi connectivity index (χ4n) is 5.53. The summed E-state index contributed by atoms with van der Waals surface area (Å²) >= 11 is 0. The first-order valence-electron chi connectivity index (χ1n) is 12.3. The van der Waals surface area contributed by atoms with Gasteiger partial charge in [-0.2, -0.15) is 0 Å². The van der Waals surface area contributed by atoms with Crippen LogP contribution in [0, 0.1) is 5.92 Å². The van der Waals surface area contributed by atoms with Crippen molar-refractivity contribution in [3.63, 3.8) is 0 Å². The second-order valence-corrected chi connectivity index (χ2v) is 11.0. The number of rotatable bonds is 6. The first kappa shape index (κ1) is 22.7. The van der Waals surface area contributed by atoms with Gasteiger partial charge in [0, 0.05) is 17.0 Å². The second-order valence-electron chi connectivity index (χ2n) is 9.36. The largest absolute Gasteiger partial charge is 0.494 e. The monoisotopic (exact) mass is 496 g/mol. The Bertz CT molecular complexity index is 1560. The van der Waals surface area contributed by atoms with Gasteiger partial charge < -0.3 is 10.1 Å². The summed E-state index contributed by atoms with van der Waals surface area (Å²) < 4.78 is 35.3. The summed E-state index contributed by atoms with van der Waals surface area (Å²) in [6, 6.07) is 27.3. The summed E-state index contributed by atoms with van der Waals surface area (Å²) in [4.78, 5) is 0.273. The fraction of sp³-hybridized carbons (Fsp3) is 0.200. The van der Waals surface area contributed by atoms with Crippen LogP contribution in [0.15, 0.2) is 102 Å². The van der Waals surface area contributed by atoms with Crippen LogP contribution in [-0.2, 0) is 10.0 Å². The highest BCUT2D eigenvalue weighted by Gasteiger charge is 2.38. The maximum Gasteiger partial charge on any atom is 0.261 e. The molecule has 2 unspecified atom stereocenters. The zero-order chi connectivity index (χ0) is 24.7. The van der Waals surface area contributed by atoms with Gasteiger partial charge in [-0.1, -0.05) is 60.7 Å². The SMILES string of the molecule is CCOc1ccc([C@H]2Nc3ccc(S(=O)(=O)Nc4cccc5ccccc45)cc3C3C=CCC32)cc1. The van der Waals surface area contributed by atoms with Crippen molar-refractivity contribution in [2.24, 2.45) is 5.92 Å². The third-order valence-electron chi connectivity index (χ3n) is 7.23. The molecule has 0 fully saturated rings. The van der Waals surface area contributed by atoms with Gasteiger partial charge >= 0.3 is 0 Å². The van der Waals surface area contributed by atoms with Crippen molar-refractivity contribution in [1.82, 2.24) is 0 Å². The molecule has 0 saturated heterocycles. The number of allylic oxidation sites excluding steroid dienone is 2. The van der Waals surface area contributed by atoms with Gasteiger partial charge in [0.2, 0.25) is 0 Å². The molecule has 5 nitrogen and oxygen atoms in total. The normalized spacial score (nSPS) is 20.4. The van der Waals surface area contributed by atoms with E-state index in [4.69, 9.17) is 4.74 Å². The van der Waals surface area contributed by atoms with Crippen molar-refractivity contribution in [1.29, 1.82) is 0 Å². The molecule has 0 saturated carbocycles. The molecular formula is C30H28N2O3S. The van der Waals surface area contributed by atoms with Gasteiger partial charge in [-0.25, -0.2) is 8.42 Å². The van der Waals surface area contributed by atoms with E-state index in [0.29, 0.717) is 18.2 Å². The minimum absolute atomic E-state index is 0.143. The third kappa shape index (κ3) is 4.01. The van der Waals surface area contributed by atoms with Gasteiger partial charge in [0.25, 0.3) is 10.0 Å². The van der Waals surface area contributed by atoms with E-state index in [-0.39, 0.29) is 16.9 Å². The van der Waals surface area contributed by atoms with Crippen LogP contribution in [0.25, 0.3) is 10.8 Å². The van der Waals surface area contributed by atoms with E-state index in [2.05, 4.69) is 34.3 Å². The van der Waals surface area contributed by atoms with E-state index in [0.717, 1.165) is 34.2 Å². The Morgan fingerprint density at radius 2 is 1.78 bits per heavy atom. The Labute approximate surface area is 211 Å². The summed E-state index contributed by atoms with van der Waals surface area (Å²) in [5.41, 5.74) is 3.79. The molecule has 4 aromatic carbocycles. The molecule has 0 aromatic heterocycles. The van der Waals surface area contributed by atoms with Gasteiger partial charge in [-0.05, 0) is 72.2 Å². The van der Waals surface area contributed by atoms with E-state index in [1.165, 1.54) is 5.56 Å². The molecular weight excluding hydrogens is 468 g/mol. The van der Waals surface area contributed by atoms with Gasteiger partial charge in [0.05, 0.1) is 23.2 Å². The molecule has 6 rings (SSSR count). The topological polar surface area (TPSA) is 67.4 Å². The Balaban J connectivity index is 1.32. The molecule has 2 aliphatic rings. The van der Waals surface area contributed by atoms with E-state index in [1.807, 2.05) is 67.6 Å². The number of benzene rings is 4. The molecule has 0 amide bonds. The highest BCUT2D eigenvalue weighted by Crippen LogP contribution is 2.50. The highest BCUT2D eigenvalue weighted by atomic mass is 32.2. The lowest BCUT2D eigenvalue weighted by atomic mass is 9.77. The minimum Gasteiger partial charge on any atom is -0.494 e. The summed E-state index contributed by atoms with van der Waals surface area (Å²) in [5.74, 6) is 1.34. The number of fused-ring (bicyclic) bond motifs is 4.